The van der Waals surface area contributed by atoms with Gasteiger partial charge in [0.2, 0.25) is 5.91 Å². The Kier molecular flexibility index (Phi) is 4.47. The van der Waals surface area contributed by atoms with Crippen molar-refractivity contribution in [2.45, 2.75) is 6.42 Å². The van der Waals surface area contributed by atoms with E-state index in [1.54, 1.807) is 18.2 Å². The Morgan fingerprint density at radius 2 is 1.80 bits per heavy atom. The van der Waals surface area contributed by atoms with Gasteiger partial charge in [-0.3, -0.25) is 4.79 Å². The van der Waals surface area contributed by atoms with Crippen LogP contribution in [0.4, 0.5) is 10.1 Å². The van der Waals surface area contributed by atoms with Crippen molar-refractivity contribution in [1.29, 1.82) is 0 Å². The highest BCUT2D eigenvalue weighted by Crippen LogP contribution is 2.27. The van der Waals surface area contributed by atoms with Gasteiger partial charge in [0, 0.05) is 11.3 Å². The molecule has 6 heteroatoms. The van der Waals surface area contributed by atoms with Crippen LogP contribution in [0.3, 0.4) is 0 Å². The molecule has 0 spiro atoms. The summed E-state index contributed by atoms with van der Waals surface area (Å²) >= 11 is 11.3. The predicted molar refractivity (Wildman–Crippen MR) is 76.9 cm³/mol. The summed E-state index contributed by atoms with van der Waals surface area (Å²) in [5, 5.41) is 11.8. The van der Waals surface area contributed by atoms with Gasteiger partial charge in [0.05, 0.1) is 16.5 Å². The summed E-state index contributed by atoms with van der Waals surface area (Å²) in [6, 6.07) is 9.05. The first kappa shape index (κ1) is 14.6. The predicted octanol–water partition coefficient (Wildman–Crippen LogP) is 4.02. The molecule has 1 amide bonds. The summed E-state index contributed by atoms with van der Waals surface area (Å²) in [6.45, 7) is 0. The van der Waals surface area contributed by atoms with Crippen molar-refractivity contribution < 1.29 is 14.3 Å². The fourth-order valence-corrected chi connectivity index (χ4v) is 2.15. The molecule has 2 aromatic carbocycles. The summed E-state index contributed by atoms with van der Waals surface area (Å²) in [7, 11) is 0. The van der Waals surface area contributed by atoms with Crippen LogP contribution in [0.15, 0.2) is 36.4 Å². The maximum atomic E-state index is 13.2. The summed E-state index contributed by atoms with van der Waals surface area (Å²) in [5.41, 5.74) is 0.783. The lowest BCUT2D eigenvalue weighted by molar-refractivity contribution is -0.115. The van der Waals surface area contributed by atoms with E-state index >= 15 is 0 Å². The Labute approximate surface area is 124 Å². The number of hydrogen-bond donors (Lipinski definition) is 2. The number of rotatable bonds is 3. The number of phenols is 1. The van der Waals surface area contributed by atoms with E-state index in [1.807, 2.05) is 0 Å². The van der Waals surface area contributed by atoms with Crippen LogP contribution in [0.25, 0.3) is 0 Å². The molecule has 2 N–H and O–H groups in total. The summed E-state index contributed by atoms with van der Waals surface area (Å²) in [5.74, 6) is -1.06. The van der Waals surface area contributed by atoms with Crippen molar-refractivity contribution in [2.75, 3.05) is 5.32 Å². The van der Waals surface area contributed by atoms with E-state index in [1.165, 1.54) is 18.2 Å². The molecule has 0 fully saturated rings. The van der Waals surface area contributed by atoms with E-state index in [-0.39, 0.29) is 28.1 Å². The number of amides is 1. The molecule has 2 aromatic rings. The maximum Gasteiger partial charge on any atom is 0.228 e. The number of para-hydroxylation sites is 1. The van der Waals surface area contributed by atoms with Crippen LogP contribution in [0.5, 0.6) is 5.75 Å². The SMILES string of the molecule is O=C(Cc1ccccc1O)Nc1cc(Cl)c(F)c(Cl)c1. The minimum absolute atomic E-state index is 0.0146. The van der Waals surface area contributed by atoms with Gasteiger partial charge in [0.1, 0.15) is 5.75 Å². The largest absolute Gasteiger partial charge is 0.508 e. The highest BCUT2D eigenvalue weighted by atomic mass is 35.5. The van der Waals surface area contributed by atoms with Crippen molar-refractivity contribution in [3.8, 4) is 5.75 Å². The Balaban J connectivity index is 2.11. The molecule has 104 valence electrons. The second-order valence-corrected chi connectivity index (χ2v) is 4.92. The van der Waals surface area contributed by atoms with Gasteiger partial charge >= 0.3 is 0 Å². The molecule has 20 heavy (non-hydrogen) atoms. The van der Waals surface area contributed by atoms with Gasteiger partial charge in [-0.1, -0.05) is 41.4 Å². The zero-order valence-electron chi connectivity index (χ0n) is 10.2. The number of hydrogen-bond acceptors (Lipinski definition) is 2. The lowest BCUT2D eigenvalue weighted by atomic mass is 10.1. The van der Waals surface area contributed by atoms with E-state index in [9.17, 15) is 14.3 Å². The van der Waals surface area contributed by atoms with Gasteiger partial charge in [-0.2, -0.15) is 0 Å². The number of aromatic hydroxyl groups is 1. The van der Waals surface area contributed by atoms with Gasteiger partial charge in [-0.05, 0) is 18.2 Å². The number of benzene rings is 2. The number of nitrogens with one attached hydrogen (secondary N) is 1. The number of phenolic OH excluding ortho intramolecular Hbond substituents is 1. The minimum Gasteiger partial charge on any atom is -0.508 e. The molecule has 0 aromatic heterocycles. The molecule has 0 aliphatic rings. The van der Waals surface area contributed by atoms with Crippen LogP contribution in [0.1, 0.15) is 5.56 Å². The van der Waals surface area contributed by atoms with E-state index < -0.39 is 5.82 Å². The zero-order chi connectivity index (χ0) is 14.7. The van der Waals surface area contributed by atoms with Crippen molar-refractivity contribution >= 4 is 34.8 Å². The van der Waals surface area contributed by atoms with Crippen LogP contribution in [-0.2, 0) is 11.2 Å². The molecular formula is C14H10Cl2FNO2. The fraction of sp³-hybridized carbons (Fsp3) is 0.0714. The summed E-state index contributed by atoms with van der Waals surface area (Å²) < 4.78 is 13.2. The molecule has 0 atom stereocenters. The first-order valence-corrected chi connectivity index (χ1v) is 6.44. The van der Waals surface area contributed by atoms with Crippen molar-refractivity contribution in [3.63, 3.8) is 0 Å². The molecule has 0 heterocycles. The Morgan fingerprint density at radius 1 is 1.20 bits per heavy atom. The molecule has 0 bridgehead atoms. The fourth-order valence-electron chi connectivity index (χ4n) is 1.67. The average molecular weight is 314 g/mol. The van der Waals surface area contributed by atoms with Crippen LogP contribution in [-0.4, -0.2) is 11.0 Å². The molecule has 0 aliphatic carbocycles. The summed E-state index contributed by atoms with van der Waals surface area (Å²) in [4.78, 5) is 11.8. The molecule has 0 aliphatic heterocycles. The Hall–Kier alpha value is -1.78. The number of carbonyl (C=O) groups is 1. The monoisotopic (exact) mass is 313 g/mol. The van der Waals surface area contributed by atoms with Crippen LogP contribution in [0, 0.1) is 5.82 Å². The van der Waals surface area contributed by atoms with Gasteiger partial charge in [0.25, 0.3) is 0 Å². The van der Waals surface area contributed by atoms with Gasteiger partial charge in [0.15, 0.2) is 5.82 Å². The number of carbonyl (C=O) groups excluding carboxylic acids is 1. The second-order valence-electron chi connectivity index (χ2n) is 4.11. The Bertz CT molecular complexity index is 638. The molecule has 0 saturated carbocycles. The van der Waals surface area contributed by atoms with Crippen LogP contribution in [0.2, 0.25) is 10.0 Å². The standard InChI is InChI=1S/C14H10Cl2FNO2/c15-10-6-9(7-11(16)14(10)17)18-13(20)5-8-3-1-2-4-12(8)19/h1-4,6-7,19H,5H2,(H,18,20). The lowest BCUT2D eigenvalue weighted by Gasteiger charge is -2.08. The molecule has 0 radical (unpaired) electrons. The first-order valence-electron chi connectivity index (χ1n) is 5.68. The van der Waals surface area contributed by atoms with Crippen molar-refractivity contribution in [1.82, 2.24) is 0 Å². The summed E-state index contributed by atoms with van der Waals surface area (Å²) in [6.07, 6.45) is -0.0146. The third-order valence-corrected chi connectivity index (χ3v) is 3.16. The number of halogens is 3. The molecule has 3 nitrogen and oxygen atoms in total. The van der Waals surface area contributed by atoms with E-state index in [4.69, 9.17) is 23.2 Å². The van der Waals surface area contributed by atoms with E-state index in [0.29, 0.717) is 11.3 Å². The highest BCUT2D eigenvalue weighted by Gasteiger charge is 2.11. The average Bonchev–Trinajstić information content (AvgIpc) is 2.38. The van der Waals surface area contributed by atoms with Crippen molar-refractivity contribution in [2.24, 2.45) is 0 Å². The molecule has 0 unspecified atom stereocenters. The van der Waals surface area contributed by atoms with E-state index in [0.717, 1.165) is 0 Å². The number of anilines is 1. The quantitative estimate of drug-likeness (QED) is 0.841. The maximum absolute atomic E-state index is 13.2. The Morgan fingerprint density at radius 3 is 2.40 bits per heavy atom. The van der Waals surface area contributed by atoms with E-state index in [2.05, 4.69) is 5.32 Å². The van der Waals surface area contributed by atoms with Crippen LogP contribution < -0.4 is 5.32 Å². The second kappa shape index (κ2) is 6.11. The highest BCUT2D eigenvalue weighted by molar-refractivity contribution is 6.35. The zero-order valence-corrected chi connectivity index (χ0v) is 11.7. The molecular weight excluding hydrogens is 304 g/mol. The topological polar surface area (TPSA) is 49.3 Å². The third-order valence-electron chi connectivity index (χ3n) is 2.61. The normalized spacial score (nSPS) is 10.3. The molecule has 2 rings (SSSR count). The lowest BCUT2D eigenvalue weighted by Crippen LogP contribution is -2.14. The minimum atomic E-state index is -0.730. The van der Waals surface area contributed by atoms with Crippen LogP contribution >= 0.6 is 23.2 Å². The first-order chi connectivity index (χ1) is 9.47. The van der Waals surface area contributed by atoms with Crippen molar-refractivity contribution in [3.05, 3.63) is 57.8 Å². The smallest absolute Gasteiger partial charge is 0.228 e. The van der Waals surface area contributed by atoms with Gasteiger partial charge in [-0.25, -0.2) is 4.39 Å². The third kappa shape index (κ3) is 3.40. The molecule has 0 saturated heterocycles. The van der Waals surface area contributed by atoms with Gasteiger partial charge in [-0.15, -0.1) is 0 Å². The van der Waals surface area contributed by atoms with Gasteiger partial charge < -0.3 is 10.4 Å².